The quantitative estimate of drug-likeness (QED) is 0.624. The average molecular weight is 277 g/mol. The van der Waals surface area contributed by atoms with Crippen molar-refractivity contribution in [1.82, 2.24) is 20.4 Å². The van der Waals surface area contributed by atoms with Gasteiger partial charge in [0.05, 0.1) is 13.1 Å². The molecule has 6 heteroatoms. The number of rotatable bonds is 6. The molecule has 19 heavy (non-hydrogen) atoms. The van der Waals surface area contributed by atoms with E-state index in [-0.39, 0.29) is 0 Å². The van der Waals surface area contributed by atoms with Crippen LogP contribution < -0.4 is 10.6 Å². The highest BCUT2D eigenvalue weighted by Crippen LogP contribution is 2.09. The highest BCUT2D eigenvalue weighted by Gasteiger charge is 1.98. The maximum atomic E-state index is 4.55. The first kappa shape index (κ1) is 13.6. The molecule has 0 fully saturated rings. The molecule has 0 amide bonds. The van der Waals surface area contributed by atoms with E-state index < -0.39 is 0 Å². The van der Waals surface area contributed by atoms with Crippen LogP contribution >= 0.6 is 11.3 Å². The molecule has 2 heterocycles. The molecule has 0 bridgehead atoms. The van der Waals surface area contributed by atoms with Gasteiger partial charge in [0, 0.05) is 30.4 Å². The van der Waals surface area contributed by atoms with Gasteiger partial charge in [-0.2, -0.15) is 5.10 Å². The highest BCUT2D eigenvalue weighted by molar-refractivity contribution is 7.09. The minimum Gasteiger partial charge on any atom is -0.357 e. The van der Waals surface area contributed by atoms with Crippen LogP contribution in [0.4, 0.5) is 0 Å². The Balaban J connectivity index is 1.79. The zero-order valence-electron chi connectivity index (χ0n) is 11.0. The summed E-state index contributed by atoms with van der Waals surface area (Å²) >= 11 is 1.73. The van der Waals surface area contributed by atoms with Crippen LogP contribution in [0.2, 0.25) is 0 Å². The molecule has 0 atom stereocenters. The van der Waals surface area contributed by atoms with Crippen molar-refractivity contribution < 1.29 is 0 Å². The highest BCUT2D eigenvalue weighted by atomic mass is 32.1. The summed E-state index contributed by atoms with van der Waals surface area (Å²) in [6, 6.07) is 6.07. The zero-order chi connectivity index (χ0) is 13.3. The molecule has 2 rings (SSSR count). The lowest BCUT2D eigenvalue weighted by molar-refractivity contribution is 0.598. The maximum Gasteiger partial charge on any atom is 0.191 e. The third kappa shape index (κ3) is 4.75. The van der Waals surface area contributed by atoms with Gasteiger partial charge in [0.25, 0.3) is 0 Å². The lowest BCUT2D eigenvalue weighted by Crippen LogP contribution is -2.38. The molecule has 102 valence electrons. The number of hydrogen-bond donors (Lipinski definition) is 2. The molecular formula is C13H19N5S. The Kier molecular flexibility index (Phi) is 5.43. The Morgan fingerprint density at radius 3 is 3.05 bits per heavy atom. The van der Waals surface area contributed by atoms with Gasteiger partial charge in [0.15, 0.2) is 5.96 Å². The van der Waals surface area contributed by atoms with Crippen LogP contribution in [-0.2, 0) is 13.1 Å². The van der Waals surface area contributed by atoms with Crippen molar-refractivity contribution in [2.45, 2.75) is 20.0 Å². The number of nitrogens with one attached hydrogen (secondary N) is 2. The van der Waals surface area contributed by atoms with Crippen molar-refractivity contribution in [1.29, 1.82) is 0 Å². The van der Waals surface area contributed by atoms with Crippen molar-refractivity contribution in [2.75, 3.05) is 13.1 Å². The van der Waals surface area contributed by atoms with Gasteiger partial charge in [-0.25, -0.2) is 4.99 Å². The average Bonchev–Trinajstić information content (AvgIpc) is 3.09. The molecule has 5 nitrogen and oxygen atoms in total. The fourth-order valence-electron chi connectivity index (χ4n) is 1.62. The molecular weight excluding hydrogens is 258 g/mol. The largest absolute Gasteiger partial charge is 0.357 e. The monoisotopic (exact) mass is 277 g/mol. The smallest absolute Gasteiger partial charge is 0.191 e. The molecule has 0 saturated carbocycles. The Labute approximate surface area is 117 Å². The normalized spacial score (nSPS) is 11.5. The predicted octanol–water partition coefficient (Wildman–Crippen LogP) is 1.70. The number of hydrogen-bond acceptors (Lipinski definition) is 3. The van der Waals surface area contributed by atoms with Gasteiger partial charge in [-0.3, -0.25) is 4.68 Å². The van der Waals surface area contributed by atoms with Crippen LogP contribution in [0, 0.1) is 0 Å². The van der Waals surface area contributed by atoms with Gasteiger partial charge >= 0.3 is 0 Å². The summed E-state index contributed by atoms with van der Waals surface area (Å²) in [5.41, 5.74) is 0. The number of aromatic nitrogens is 2. The number of aliphatic imine (C=N–C) groups is 1. The Morgan fingerprint density at radius 2 is 2.37 bits per heavy atom. The summed E-state index contributed by atoms with van der Waals surface area (Å²) in [4.78, 5) is 5.82. The van der Waals surface area contributed by atoms with Crippen molar-refractivity contribution in [2.24, 2.45) is 4.99 Å². The third-order valence-corrected chi connectivity index (χ3v) is 3.37. The van der Waals surface area contributed by atoms with Gasteiger partial charge in [-0.05, 0) is 24.4 Å². The fraction of sp³-hybridized carbons (Fsp3) is 0.385. The summed E-state index contributed by atoms with van der Waals surface area (Å²) in [5.74, 6) is 0.850. The van der Waals surface area contributed by atoms with E-state index in [0.29, 0.717) is 0 Å². The van der Waals surface area contributed by atoms with E-state index in [1.54, 1.807) is 17.5 Å². The van der Waals surface area contributed by atoms with Gasteiger partial charge in [0.2, 0.25) is 0 Å². The molecule has 0 aliphatic carbocycles. The molecule has 2 N–H and O–H groups in total. The molecule has 0 aliphatic rings. The molecule has 0 aromatic carbocycles. The summed E-state index contributed by atoms with van der Waals surface area (Å²) < 4.78 is 1.90. The Morgan fingerprint density at radius 1 is 1.42 bits per heavy atom. The van der Waals surface area contributed by atoms with E-state index in [4.69, 9.17) is 0 Å². The third-order valence-electron chi connectivity index (χ3n) is 2.51. The van der Waals surface area contributed by atoms with Crippen LogP contribution in [0.1, 0.15) is 11.8 Å². The van der Waals surface area contributed by atoms with Crippen LogP contribution in [0.3, 0.4) is 0 Å². The second-order valence-electron chi connectivity index (χ2n) is 3.97. The Bertz CT molecular complexity index is 475. The van der Waals surface area contributed by atoms with Gasteiger partial charge in [-0.1, -0.05) is 6.07 Å². The van der Waals surface area contributed by atoms with Crippen LogP contribution in [0.25, 0.3) is 0 Å². The first-order chi connectivity index (χ1) is 9.38. The van der Waals surface area contributed by atoms with E-state index in [9.17, 15) is 0 Å². The van der Waals surface area contributed by atoms with E-state index in [1.807, 2.05) is 23.0 Å². The minimum absolute atomic E-state index is 0.717. The van der Waals surface area contributed by atoms with Gasteiger partial charge in [-0.15, -0.1) is 11.3 Å². The minimum atomic E-state index is 0.717. The van der Waals surface area contributed by atoms with E-state index in [2.05, 4.69) is 39.1 Å². The fourth-order valence-corrected chi connectivity index (χ4v) is 2.25. The summed E-state index contributed by atoms with van der Waals surface area (Å²) in [6.07, 6.45) is 3.74. The second kappa shape index (κ2) is 7.58. The lowest BCUT2D eigenvalue weighted by Gasteiger charge is -2.11. The summed E-state index contributed by atoms with van der Waals surface area (Å²) in [5, 5.41) is 12.8. The molecule has 2 aromatic heterocycles. The number of thiophene rings is 1. The Hall–Kier alpha value is -1.82. The zero-order valence-corrected chi connectivity index (χ0v) is 11.9. The number of nitrogens with zero attached hydrogens (tertiary/aromatic N) is 3. The van der Waals surface area contributed by atoms with Crippen LogP contribution in [0.5, 0.6) is 0 Å². The van der Waals surface area contributed by atoms with Crippen LogP contribution in [-0.4, -0.2) is 28.8 Å². The molecule has 0 radical (unpaired) electrons. The summed E-state index contributed by atoms with van der Waals surface area (Å²) in [7, 11) is 0. The molecule has 2 aromatic rings. The molecule has 0 unspecified atom stereocenters. The topological polar surface area (TPSA) is 54.2 Å². The van der Waals surface area contributed by atoms with Crippen molar-refractivity contribution in [3.63, 3.8) is 0 Å². The second-order valence-corrected chi connectivity index (χ2v) is 5.00. The summed E-state index contributed by atoms with van der Waals surface area (Å²) in [6.45, 7) is 5.27. The van der Waals surface area contributed by atoms with E-state index >= 15 is 0 Å². The first-order valence-corrected chi connectivity index (χ1v) is 7.28. The standard InChI is InChI=1S/C13H19N5S/c1-2-14-13(16-11-12-5-3-10-19-12)15-7-9-18-8-4-6-17-18/h3-6,8,10H,2,7,9,11H2,1H3,(H2,14,15,16). The SMILES string of the molecule is CCNC(=NCc1cccs1)NCCn1cccn1. The molecule has 0 saturated heterocycles. The molecule has 0 aliphatic heterocycles. The molecule has 0 spiro atoms. The number of guanidine groups is 1. The van der Waals surface area contributed by atoms with E-state index in [1.165, 1.54) is 4.88 Å². The van der Waals surface area contributed by atoms with Crippen molar-refractivity contribution >= 4 is 17.3 Å². The van der Waals surface area contributed by atoms with Crippen molar-refractivity contribution in [3.8, 4) is 0 Å². The first-order valence-electron chi connectivity index (χ1n) is 6.40. The van der Waals surface area contributed by atoms with E-state index in [0.717, 1.165) is 32.1 Å². The van der Waals surface area contributed by atoms with Crippen molar-refractivity contribution in [3.05, 3.63) is 40.8 Å². The van der Waals surface area contributed by atoms with Crippen LogP contribution in [0.15, 0.2) is 41.0 Å². The van der Waals surface area contributed by atoms with Gasteiger partial charge in [0.1, 0.15) is 0 Å². The lowest BCUT2D eigenvalue weighted by atomic mass is 10.5. The predicted molar refractivity (Wildman–Crippen MR) is 79.4 cm³/mol. The van der Waals surface area contributed by atoms with Gasteiger partial charge < -0.3 is 10.6 Å². The maximum absolute atomic E-state index is 4.55.